The van der Waals surface area contributed by atoms with Gasteiger partial charge in [-0.15, -0.1) is 0 Å². The molecule has 14 heavy (non-hydrogen) atoms. The Morgan fingerprint density at radius 3 is 1.43 bits per heavy atom. The van der Waals surface area contributed by atoms with Crippen molar-refractivity contribution in [2.45, 2.75) is 38.8 Å². The molecule has 6 heteroatoms. The van der Waals surface area contributed by atoms with E-state index in [1.54, 1.807) is 13.8 Å². The van der Waals surface area contributed by atoms with Crippen LogP contribution in [0.25, 0.3) is 20.9 Å². The lowest BCUT2D eigenvalue weighted by molar-refractivity contribution is 0.289. The third-order valence-electron chi connectivity index (χ3n) is 3.46. The Kier molecular flexibility index (Phi) is 2.19. The molecule has 1 rings (SSSR count). The maximum Gasteiger partial charge on any atom is 0.0816 e. The van der Waals surface area contributed by atoms with E-state index in [9.17, 15) is 0 Å². The third kappa shape index (κ3) is 0.923. The van der Waals surface area contributed by atoms with Crippen molar-refractivity contribution in [1.29, 1.82) is 0 Å². The highest BCUT2D eigenvalue weighted by Crippen LogP contribution is 2.52. The van der Waals surface area contributed by atoms with Crippen LogP contribution in [0.1, 0.15) is 27.7 Å². The molecule has 0 N–H and O–H groups in total. The molecule has 1 aliphatic rings. The number of hydrogen-bond donors (Lipinski definition) is 0. The van der Waals surface area contributed by atoms with Gasteiger partial charge in [0.1, 0.15) is 0 Å². The molecule has 0 bridgehead atoms. The van der Waals surface area contributed by atoms with Crippen LogP contribution in [0, 0.1) is 0 Å². The van der Waals surface area contributed by atoms with E-state index in [0.717, 1.165) is 11.1 Å². The smallest absolute Gasteiger partial charge is 0.0816 e. The lowest BCUT2D eigenvalue weighted by Crippen LogP contribution is -2.57. The van der Waals surface area contributed by atoms with Crippen LogP contribution in [0.15, 0.2) is 21.4 Å². The van der Waals surface area contributed by atoms with E-state index in [1.807, 2.05) is 13.8 Å². The van der Waals surface area contributed by atoms with E-state index >= 15 is 0 Å². The van der Waals surface area contributed by atoms with E-state index in [0.29, 0.717) is 0 Å². The van der Waals surface area contributed by atoms with E-state index in [1.165, 1.54) is 0 Å². The van der Waals surface area contributed by atoms with Crippen LogP contribution in [0.3, 0.4) is 0 Å². The number of hydrogen-bond acceptors (Lipinski definition) is 2. The van der Waals surface area contributed by atoms with Gasteiger partial charge in [0.2, 0.25) is 0 Å². The van der Waals surface area contributed by atoms with Crippen molar-refractivity contribution in [3.05, 3.63) is 32.0 Å². The maximum atomic E-state index is 8.47. The molecule has 0 heterocycles. The first-order valence-electron chi connectivity index (χ1n) is 4.25. The van der Waals surface area contributed by atoms with Gasteiger partial charge in [0.05, 0.1) is 11.1 Å². The second kappa shape index (κ2) is 2.94. The average molecular weight is 192 g/mol. The van der Waals surface area contributed by atoms with Crippen molar-refractivity contribution in [3.8, 4) is 0 Å². The summed E-state index contributed by atoms with van der Waals surface area (Å²) in [5.41, 5.74) is 17.5. The normalized spacial score (nSPS) is 35.4. The van der Waals surface area contributed by atoms with Gasteiger partial charge in [0.25, 0.3) is 0 Å². The molecule has 2 atom stereocenters. The second-order valence-corrected chi connectivity index (χ2v) is 3.77. The van der Waals surface area contributed by atoms with Crippen molar-refractivity contribution in [2.75, 3.05) is 0 Å². The number of rotatable bonds is 2. The van der Waals surface area contributed by atoms with Crippen LogP contribution in [-0.2, 0) is 0 Å². The standard InChI is InChI=1S/C8H12N6/c1-5-6(2)8(4,12-14-10)7(5,3)11-13-9/h1-4H3/t7-,8-/m0/s1. The van der Waals surface area contributed by atoms with Crippen molar-refractivity contribution in [1.82, 2.24) is 0 Å². The molecule has 0 aromatic carbocycles. The molecule has 0 fully saturated rings. The van der Waals surface area contributed by atoms with Gasteiger partial charge >= 0.3 is 0 Å². The molecular weight excluding hydrogens is 180 g/mol. The van der Waals surface area contributed by atoms with Crippen molar-refractivity contribution in [3.63, 3.8) is 0 Å². The molecule has 1 aliphatic carbocycles. The minimum absolute atomic E-state index is 0.724. The van der Waals surface area contributed by atoms with Gasteiger partial charge in [-0.3, -0.25) is 0 Å². The molecule has 0 aromatic heterocycles. The molecule has 74 valence electrons. The topological polar surface area (TPSA) is 97.5 Å². The highest BCUT2D eigenvalue weighted by molar-refractivity contribution is 5.50. The first kappa shape index (κ1) is 10.4. The van der Waals surface area contributed by atoms with Crippen LogP contribution in [0.2, 0.25) is 0 Å². The molecule has 0 aromatic rings. The summed E-state index contributed by atoms with van der Waals surface area (Å²) in [4.78, 5) is 5.60. The van der Waals surface area contributed by atoms with Crippen LogP contribution in [0.5, 0.6) is 0 Å². The van der Waals surface area contributed by atoms with Crippen LogP contribution in [-0.4, -0.2) is 11.1 Å². The van der Waals surface area contributed by atoms with Gasteiger partial charge < -0.3 is 0 Å². The fraction of sp³-hybridized carbons (Fsp3) is 0.750. The Balaban J connectivity index is 3.37. The Morgan fingerprint density at radius 1 is 0.929 bits per heavy atom. The van der Waals surface area contributed by atoms with Crippen molar-refractivity contribution in [2.24, 2.45) is 10.2 Å². The number of nitrogens with zero attached hydrogens (tertiary/aromatic N) is 6. The first-order valence-corrected chi connectivity index (χ1v) is 4.25. The van der Waals surface area contributed by atoms with E-state index in [2.05, 4.69) is 20.1 Å². The summed E-state index contributed by atoms with van der Waals surface area (Å²) < 4.78 is 0. The Morgan fingerprint density at radius 2 is 1.21 bits per heavy atom. The predicted octanol–water partition coefficient (Wildman–Crippen LogP) is 3.47. The average Bonchev–Trinajstić information content (AvgIpc) is 2.16. The quantitative estimate of drug-likeness (QED) is 0.277. The highest BCUT2D eigenvalue weighted by Gasteiger charge is 2.55. The van der Waals surface area contributed by atoms with Gasteiger partial charge in [-0.25, -0.2) is 0 Å². The molecule has 0 spiro atoms. The Bertz CT molecular complexity index is 360. The van der Waals surface area contributed by atoms with Gasteiger partial charge in [0, 0.05) is 9.82 Å². The third-order valence-corrected chi connectivity index (χ3v) is 3.46. The molecule has 0 unspecified atom stereocenters. The van der Waals surface area contributed by atoms with E-state index in [4.69, 9.17) is 11.1 Å². The highest BCUT2D eigenvalue weighted by atomic mass is 15.3. The van der Waals surface area contributed by atoms with Gasteiger partial charge in [-0.05, 0) is 38.8 Å². The summed E-state index contributed by atoms with van der Waals surface area (Å²) in [6, 6.07) is 0. The van der Waals surface area contributed by atoms with Gasteiger partial charge in [-0.2, -0.15) is 0 Å². The van der Waals surface area contributed by atoms with Crippen LogP contribution < -0.4 is 0 Å². The number of azide groups is 2. The summed E-state index contributed by atoms with van der Waals surface area (Å²) in [5.74, 6) is 0. The summed E-state index contributed by atoms with van der Waals surface area (Å²) in [7, 11) is 0. The zero-order chi connectivity index (χ0) is 11.0. The molecule has 0 radical (unpaired) electrons. The lowest BCUT2D eigenvalue weighted by atomic mass is 9.60. The van der Waals surface area contributed by atoms with Gasteiger partial charge in [0.15, 0.2) is 0 Å². The predicted molar refractivity (Wildman–Crippen MR) is 53.5 cm³/mol. The van der Waals surface area contributed by atoms with Crippen LogP contribution in [0.4, 0.5) is 0 Å². The fourth-order valence-corrected chi connectivity index (χ4v) is 1.92. The lowest BCUT2D eigenvalue weighted by Gasteiger charge is -2.52. The summed E-state index contributed by atoms with van der Waals surface area (Å²) in [5, 5.41) is 7.45. The van der Waals surface area contributed by atoms with Crippen molar-refractivity contribution >= 4 is 0 Å². The Hall–Kier alpha value is -1.64. The fourth-order valence-electron chi connectivity index (χ4n) is 1.92. The molecular formula is C8H12N6. The minimum Gasteiger partial charge on any atom is -0.0821 e. The maximum absolute atomic E-state index is 8.47. The molecule has 0 saturated heterocycles. The summed E-state index contributed by atoms with van der Waals surface area (Å²) in [6.07, 6.45) is 0. The Labute approximate surface area is 81.9 Å². The minimum atomic E-state index is -0.724. The summed E-state index contributed by atoms with van der Waals surface area (Å²) >= 11 is 0. The first-order chi connectivity index (χ1) is 6.44. The zero-order valence-electron chi connectivity index (χ0n) is 8.68. The van der Waals surface area contributed by atoms with Crippen LogP contribution >= 0.6 is 0 Å². The molecule has 0 amide bonds. The molecule has 6 nitrogen and oxygen atoms in total. The van der Waals surface area contributed by atoms with Gasteiger partial charge in [-0.1, -0.05) is 21.4 Å². The summed E-state index contributed by atoms with van der Waals surface area (Å²) in [6.45, 7) is 7.34. The second-order valence-electron chi connectivity index (χ2n) is 3.77. The SMILES string of the molecule is CC1=C(C)[C@](C)(N=[N+]=[N-])[C@@]1(C)N=[N+]=[N-]. The monoisotopic (exact) mass is 192 g/mol. The van der Waals surface area contributed by atoms with E-state index < -0.39 is 11.1 Å². The molecule has 0 saturated carbocycles. The van der Waals surface area contributed by atoms with E-state index in [-0.39, 0.29) is 0 Å². The largest absolute Gasteiger partial charge is 0.0821 e. The van der Waals surface area contributed by atoms with Crippen molar-refractivity contribution < 1.29 is 0 Å². The molecule has 0 aliphatic heterocycles. The zero-order valence-corrected chi connectivity index (χ0v) is 8.68.